The fraction of sp³-hybridized carbons (Fsp3) is 0.214. The van der Waals surface area contributed by atoms with Crippen LogP contribution in [0.1, 0.15) is 10.4 Å². The molecule has 0 fully saturated rings. The minimum Gasteiger partial charge on any atom is -0.356 e. The Bertz CT molecular complexity index is 674. The van der Waals surface area contributed by atoms with E-state index in [0.717, 1.165) is 6.07 Å². The number of ketones is 1. The number of halogens is 4. The van der Waals surface area contributed by atoms with E-state index in [0.29, 0.717) is 5.39 Å². The molecule has 2 aromatic carbocycles. The summed E-state index contributed by atoms with van der Waals surface area (Å²) in [5, 5.41) is 18.5. The van der Waals surface area contributed by atoms with Gasteiger partial charge in [0, 0.05) is 5.56 Å². The van der Waals surface area contributed by atoms with Gasteiger partial charge in [-0.3, -0.25) is 4.79 Å². The first-order valence-corrected chi connectivity index (χ1v) is 5.84. The highest BCUT2D eigenvalue weighted by Crippen LogP contribution is 2.34. The lowest BCUT2D eigenvalue weighted by atomic mass is 9.95. The minimum atomic E-state index is -5.69. The normalized spacial score (nSPS) is 14.2. The molecule has 0 saturated carbocycles. The number of alkyl halides is 4. The summed E-state index contributed by atoms with van der Waals surface area (Å²) in [6.45, 7) is 0. The second-order valence-corrected chi connectivity index (χ2v) is 4.48. The van der Waals surface area contributed by atoms with Crippen molar-refractivity contribution in [3.8, 4) is 0 Å². The van der Waals surface area contributed by atoms with Gasteiger partial charge in [-0.25, -0.2) is 4.39 Å². The van der Waals surface area contributed by atoms with Crippen LogP contribution in [0, 0.1) is 0 Å². The SMILES string of the molecule is O=C(c1cccc2ccccc12)C(F)C(O)(O)C(F)(F)F. The molecule has 0 aliphatic heterocycles. The van der Waals surface area contributed by atoms with E-state index < -0.39 is 23.9 Å². The van der Waals surface area contributed by atoms with Gasteiger partial charge in [-0.15, -0.1) is 0 Å². The second kappa shape index (κ2) is 5.09. The van der Waals surface area contributed by atoms with Gasteiger partial charge in [0.1, 0.15) is 0 Å². The third-order valence-corrected chi connectivity index (χ3v) is 3.06. The Labute approximate surface area is 116 Å². The molecule has 3 nitrogen and oxygen atoms in total. The van der Waals surface area contributed by atoms with Crippen LogP contribution in [0.4, 0.5) is 17.6 Å². The van der Waals surface area contributed by atoms with Crippen LogP contribution in [0.15, 0.2) is 42.5 Å². The van der Waals surface area contributed by atoms with Gasteiger partial charge in [0.25, 0.3) is 0 Å². The number of hydrogen-bond acceptors (Lipinski definition) is 3. The number of benzene rings is 2. The van der Waals surface area contributed by atoms with Crippen molar-refractivity contribution >= 4 is 16.6 Å². The Morgan fingerprint density at radius 2 is 1.57 bits per heavy atom. The van der Waals surface area contributed by atoms with Gasteiger partial charge in [0.15, 0.2) is 0 Å². The van der Waals surface area contributed by atoms with E-state index in [1.54, 1.807) is 18.2 Å². The highest BCUT2D eigenvalue weighted by Gasteiger charge is 2.61. The van der Waals surface area contributed by atoms with Gasteiger partial charge in [-0.1, -0.05) is 42.5 Å². The predicted molar refractivity (Wildman–Crippen MR) is 66.4 cm³/mol. The molecular formula is C14H10F4O3. The molecule has 2 aromatic rings. The molecule has 2 rings (SSSR count). The van der Waals surface area contributed by atoms with Crippen molar-refractivity contribution in [3.63, 3.8) is 0 Å². The van der Waals surface area contributed by atoms with Gasteiger partial charge in [0.2, 0.25) is 12.0 Å². The molecular weight excluding hydrogens is 292 g/mol. The molecule has 0 bridgehead atoms. The van der Waals surface area contributed by atoms with Gasteiger partial charge in [0.05, 0.1) is 0 Å². The van der Waals surface area contributed by atoms with Gasteiger partial charge in [-0.2, -0.15) is 13.2 Å². The maximum Gasteiger partial charge on any atom is 0.446 e. The zero-order chi connectivity index (χ0) is 15.8. The van der Waals surface area contributed by atoms with Crippen LogP contribution < -0.4 is 0 Å². The maximum atomic E-state index is 13.7. The Morgan fingerprint density at radius 3 is 2.19 bits per heavy atom. The molecule has 0 aromatic heterocycles. The molecule has 0 aliphatic carbocycles. The predicted octanol–water partition coefficient (Wildman–Crippen LogP) is 2.60. The first kappa shape index (κ1) is 15.4. The molecule has 0 aliphatic rings. The Morgan fingerprint density at radius 1 is 1.00 bits per heavy atom. The summed E-state index contributed by atoms with van der Waals surface area (Å²) in [6, 6.07) is 10.3. The monoisotopic (exact) mass is 302 g/mol. The van der Waals surface area contributed by atoms with Crippen molar-refractivity contribution in [2.45, 2.75) is 18.1 Å². The first-order chi connectivity index (χ1) is 9.66. The highest BCUT2D eigenvalue weighted by molar-refractivity contribution is 6.10. The number of carbonyl (C=O) groups excluding carboxylic acids is 1. The van der Waals surface area contributed by atoms with Crippen molar-refractivity contribution in [3.05, 3.63) is 48.0 Å². The topological polar surface area (TPSA) is 57.5 Å². The smallest absolute Gasteiger partial charge is 0.356 e. The highest BCUT2D eigenvalue weighted by atomic mass is 19.4. The van der Waals surface area contributed by atoms with E-state index in [9.17, 15) is 22.4 Å². The van der Waals surface area contributed by atoms with Crippen LogP contribution in [-0.2, 0) is 0 Å². The van der Waals surface area contributed by atoms with Gasteiger partial charge < -0.3 is 10.2 Å². The summed E-state index contributed by atoms with van der Waals surface area (Å²) in [6.07, 6.45) is -9.23. The average molecular weight is 302 g/mol. The first-order valence-electron chi connectivity index (χ1n) is 5.84. The number of Topliss-reactive ketones (excluding diaryl/α,β-unsaturated/α-hetero) is 1. The lowest BCUT2D eigenvalue weighted by Crippen LogP contribution is -2.55. The third kappa shape index (κ3) is 2.62. The minimum absolute atomic E-state index is 0.227. The van der Waals surface area contributed by atoms with Crippen molar-refractivity contribution in [1.29, 1.82) is 0 Å². The number of hydrogen-bond donors (Lipinski definition) is 2. The summed E-state index contributed by atoms with van der Waals surface area (Å²) in [5.41, 5.74) is -0.350. The number of aliphatic hydroxyl groups is 2. The van der Waals surface area contributed by atoms with Gasteiger partial charge in [-0.05, 0) is 10.8 Å². The largest absolute Gasteiger partial charge is 0.446 e. The van der Waals surface area contributed by atoms with E-state index in [1.807, 2.05) is 0 Å². The summed E-state index contributed by atoms with van der Waals surface area (Å²) in [5.74, 6) is -6.38. The molecule has 0 spiro atoms. The molecule has 112 valence electrons. The van der Waals surface area contributed by atoms with Crippen molar-refractivity contribution in [1.82, 2.24) is 0 Å². The lowest BCUT2D eigenvalue weighted by molar-refractivity contribution is -0.362. The molecule has 7 heteroatoms. The molecule has 21 heavy (non-hydrogen) atoms. The Kier molecular flexibility index (Phi) is 3.73. The summed E-state index contributed by atoms with van der Waals surface area (Å²) < 4.78 is 50.9. The van der Waals surface area contributed by atoms with Gasteiger partial charge >= 0.3 is 12.0 Å². The zero-order valence-electron chi connectivity index (χ0n) is 10.4. The molecule has 0 saturated heterocycles. The van der Waals surface area contributed by atoms with Crippen LogP contribution >= 0.6 is 0 Å². The van der Waals surface area contributed by atoms with Crippen molar-refractivity contribution in [2.75, 3.05) is 0 Å². The molecule has 0 radical (unpaired) electrons. The van der Waals surface area contributed by atoms with Crippen LogP contribution in [0.5, 0.6) is 0 Å². The molecule has 2 N–H and O–H groups in total. The van der Waals surface area contributed by atoms with E-state index in [4.69, 9.17) is 10.2 Å². The van der Waals surface area contributed by atoms with Crippen LogP contribution in [0.25, 0.3) is 10.8 Å². The van der Waals surface area contributed by atoms with Crippen molar-refractivity contribution < 1.29 is 32.6 Å². The quantitative estimate of drug-likeness (QED) is 0.520. The maximum absolute atomic E-state index is 13.7. The zero-order valence-corrected chi connectivity index (χ0v) is 10.4. The molecule has 0 heterocycles. The number of carbonyl (C=O) groups is 1. The van der Waals surface area contributed by atoms with Crippen LogP contribution in [0.2, 0.25) is 0 Å². The third-order valence-electron chi connectivity index (χ3n) is 3.06. The fourth-order valence-electron chi connectivity index (χ4n) is 1.90. The fourth-order valence-corrected chi connectivity index (χ4v) is 1.90. The molecule has 1 unspecified atom stereocenters. The Balaban J connectivity index is 2.48. The van der Waals surface area contributed by atoms with Crippen LogP contribution in [0.3, 0.4) is 0 Å². The second-order valence-electron chi connectivity index (χ2n) is 4.48. The standard InChI is InChI=1S/C14H10F4O3/c15-12(13(20,21)14(16,17)18)11(19)10-7-3-5-8-4-1-2-6-9(8)10/h1-7,12,20-21H. The average Bonchev–Trinajstić information content (AvgIpc) is 2.44. The Hall–Kier alpha value is -1.99. The van der Waals surface area contributed by atoms with E-state index >= 15 is 0 Å². The van der Waals surface area contributed by atoms with Crippen LogP contribution in [-0.4, -0.2) is 34.1 Å². The number of rotatable bonds is 3. The summed E-state index contributed by atoms with van der Waals surface area (Å²) >= 11 is 0. The van der Waals surface area contributed by atoms with E-state index in [2.05, 4.69) is 0 Å². The van der Waals surface area contributed by atoms with Crippen molar-refractivity contribution in [2.24, 2.45) is 0 Å². The number of fused-ring (bicyclic) bond motifs is 1. The molecule has 0 amide bonds. The van der Waals surface area contributed by atoms with E-state index in [-0.39, 0.29) is 10.9 Å². The lowest BCUT2D eigenvalue weighted by Gasteiger charge is -2.27. The summed E-state index contributed by atoms with van der Waals surface area (Å²) in [4.78, 5) is 11.9. The van der Waals surface area contributed by atoms with E-state index in [1.165, 1.54) is 18.2 Å². The molecule has 1 atom stereocenters. The summed E-state index contributed by atoms with van der Waals surface area (Å²) in [7, 11) is 0.